The second kappa shape index (κ2) is 5.20. The molecule has 0 saturated heterocycles. The molecule has 0 amide bonds. The number of thiophene rings is 1. The number of pyridine rings is 1. The molecule has 2 aromatic heterocycles. The van der Waals surface area contributed by atoms with Crippen LogP contribution in [0.4, 0.5) is 0 Å². The lowest BCUT2D eigenvalue weighted by atomic mass is 10.1. The van der Waals surface area contributed by atoms with Crippen molar-refractivity contribution in [2.24, 2.45) is 0 Å². The van der Waals surface area contributed by atoms with Crippen LogP contribution in [-0.2, 0) is 6.54 Å². The highest BCUT2D eigenvalue weighted by molar-refractivity contribution is 9.10. The molecule has 2 rings (SSSR count). The molecule has 0 aromatic carbocycles. The molecular formula is C13H12BrNO2S. The molecule has 0 fully saturated rings. The van der Waals surface area contributed by atoms with Crippen LogP contribution in [0.3, 0.4) is 0 Å². The molecule has 18 heavy (non-hydrogen) atoms. The summed E-state index contributed by atoms with van der Waals surface area (Å²) in [5.74, 6) is -0.0305. The molecule has 0 N–H and O–H groups in total. The number of ketones is 1. The summed E-state index contributed by atoms with van der Waals surface area (Å²) in [6.45, 7) is 3.98. The lowest BCUT2D eigenvalue weighted by molar-refractivity contribution is 0.0970. The van der Waals surface area contributed by atoms with Crippen molar-refractivity contribution in [3.05, 3.63) is 54.5 Å². The number of hydrogen-bond donors (Lipinski definition) is 0. The number of aromatic nitrogens is 1. The van der Waals surface area contributed by atoms with Crippen LogP contribution in [0.2, 0.25) is 0 Å². The molecule has 0 aliphatic rings. The minimum absolute atomic E-state index is 0.0305. The largest absolute Gasteiger partial charge is 0.307 e. The maximum absolute atomic E-state index is 12.1. The summed E-state index contributed by atoms with van der Waals surface area (Å²) in [7, 11) is 0. The van der Waals surface area contributed by atoms with E-state index in [9.17, 15) is 9.59 Å². The Hall–Kier alpha value is -1.20. The molecule has 0 atom stereocenters. The smallest absolute Gasteiger partial charge is 0.265 e. The molecule has 0 aliphatic carbocycles. The quantitative estimate of drug-likeness (QED) is 0.813. The standard InChI is InChI=1S/C13H12BrNO2S/c1-8-6-10(9(2)18-8)12(16)7-15-5-3-4-11(14)13(15)17/h3-6H,7H2,1-2H3. The van der Waals surface area contributed by atoms with Crippen LogP contribution in [0, 0.1) is 13.8 Å². The van der Waals surface area contributed by atoms with Crippen molar-refractivity contribution < 1.29 is 4.79 Å². The first kappa shape index (κ1) is 13.2. The van der Waals surface area contributed by atoms with Crippen molar-refractivity contribution in [3.63, 3.8) is 0 Å². The van der Waals surface area contributed by atoms with Gasteiger partial charge in [-0.3, -0.25) is 9.59 Å². The third-order valence-corrected chi connectivity index (χ3v) is 4.20. The number of aryl methyl sites for hydroxylation is 2. The molecule has 0 saturated carbocycles. The first-order valence-electron chi connectivity index (χ1n) is 5.44. The maximum atomic E-state index is 12.1. The molecule has 0 unspecified atom stereocenters. The summed E-state index contributed by atoms with van der Waals surface area (Å²) in [6, 6.07) is 5.29. The van der Waals surface area contributed by atoms with Gasteiger partial charge in [-0.15, -0.1) is 11.3 Å². The van der Waals surface area contributed by atoms with E-state index >= 15 is 0 Å². The van der Waals surface area contributed by atoms with Crippen LogP contribution >= 0.6 is 27.3 Å². The average Bonchev–Trinajstić information content (AvgIpc) is 2.64. The highest BCUT2D eigenvalue weighted by Gasteiger charge is 2.13. The Morgan fingerprint density at radius 3 is 2.78 bits per heavy atom. The fraction of sp³-hybridized carbons (Fsp3) is 0.231. The summed E-state index contributed by atoms with van der Waals surface area (Å²) in [6.07, 6.45) is 1.62. The number of rotatable bonds is 3. The van der Waals surface area contributed by atoms with Crippen molar-refractivity contribution in [1.29, 1.82) is 0 Å². The van der Waals surface area contributed by atoms with Gasteiger partial charge in [-0.1, -0.05) is 0 Å². The van der Waals surface area contributed by atoms with Crippen molar-refractivity contribution in [3.8, 4) is 0 Å². The molecule has 0 spiro atoms. The summed E-state index contributed by atoms with van der Waals surface area (Å²) in [5, 5.41) is 0. The van der Waals surface area contributed by atoms with Gasteiger partial charge in [0.1, 0.15) is 0 Å². The second-order valence-corrected chi connectivity index (χ2v) is 6.35. The number of nitrogens with zero attached hydrogens (tertiary/aromatic N) is 1. The van der Waals surface area contributed by atoms with Crippen LogP contribution < -0.4 is 5.56 Å². The summed E-state index contributed by atoms with van der Waals surface area (Å²) >= 11 is 4.77. The second-order valence-electron chi connectivity index (χ2n) is 4.04. The molecule has 0 radical (unpaired) electrons. The Kier molecular flexibility index (Phi) is 3.82. The first-order chi connectivity index (χ1) is 8.49. The molecule has 2 aromatic rings. The van der Waals surface area contributed by atoms with Gasteiger partial charge in [0.25, 0.3) is 5.56 Å². The van der Waals surface area contributed by atoms with Gasteiger partial charge in [0, 0.05) is 21.5 Å². The zero-order valence-electron chi connectivity index (χ0n) is 10.1. The van der Waals surface area contributed by atoms with Crippen LogP contribution in [0.1, 0.15) is 20.1 Å². The zero-order valence-corrected chi connectivity index (χ0v) is 12.5. The van der Waals surface area contributed by atoms with E-state index < -0.39 is 0 Å². The average molecular weight is 326 g/mol. The highest BCUT2D eigenvalue weighted by Crippen LogP contribution is 2.21. The molecule has 5 heteroatoms. The Morgan fingerprint density at radius 2 is 2.17 bits per heavy atom. The first-order valence-corrected chi connectivity index (χ1v) is 7.05. The van der Waals surface area contributed by atoms with Gasteiger partial charge < -0.3 is 4.57 Å². The van der Waals surface area contributed by atoms with Gasteiger partial charge in [0.05, 0.1) is 11.0 Å². The SMILES string of the molecule is Cc1cc(C(=O)Cn2cccc(Br)c2=O)c(C)s1. The Morgan fingerprint density at radius 1 is 1.44 bits per heavy atom. The van der Waals surface area contributed by atoms with E-state index in [1.165, 1.54) is 4.57 Å². The van der Waals surface area contributed by atoms with Gasteiger partial charge in [-0.05, 0) is 48.0 Å². The summed E-state index contributed by atoms with van der Waals surface area (Å²) in [4.78, 5) is 26.0. The summed E-state index contributed by atoms with van der Waals surface area (Å²) < 4.78 is 1.88. The minimum Gasteiger partial charge on any atom is -0.307 e. The molecule has 3 nitrogen and oxygen atoms in total. The highest BCUT2D eigenvalue weighted by atomic mass is 79.9. The van der Waals surface area contributed by atoms with Crippen molar-refractivity contribution >= 4 is 33.0 Å². The number of carbonyl (C=O) groups is 1. The lowest BCUT2D eigenvalue weighted by Gasteiger charge is -2.04. The maximum Gasteiger partial charge on any atom is 0.265 e. The monoisotopic (exact) mass is 325 g/mol. The fourth-order valence-corrected chi connectivity index (χ4v) is 3.10. The number of hydrogen-bond acceptors (Lipinski definition) is 3. The van der Waals surface area contributed by atoms with E-state index in [0.29, 0.717) is 10.0 Å². The van der Waals surface area contributed by atoms with Gasteiger partial charge >= 0.3 is 0 Å². The lowest BCUT2D eigenvalue weighted by Crippen LogP contribution is -2.24. The van der Waals surface area contributed by atoms with Gasteiger partial charge in [-0.2, -0.15) is 0 Å². The zero-order chi connectivity index (χ0) is 13.3. The Labute approximate surface area is 117 Å². The van der Waals surface area contributed by atoms with Gasteiger partial charge in [-0.25, -0.2) is 0 Å². The van der Waals surface area contributed by atoms with Crippen molar-refractivity contribution in [2.45, 2.75) is 20.4 Å². The molecule has 2 heterocycles. The van der Waals surface area contributed by atoms with E-state index in [1.807, 2.05) is 19.9 Å². The fourth-order valence-electron chi connectivity index (χ4n) is 1.78. The van der Waals surface area contributed by atoms with Crippen LogP contribution in [-0.4, -0.2) is 10.4 Å². The Bertz CT molecular complexity index is 657. The van der Waals surface area contributed by atoms with E-state index in [1.54, 1.807) is 29.7 Å². The normalized spacial score (nSPS) is 10.6. The van der Waals surface area contributed by atoms with Crippen LogP contribution in [0.15, 0.2) is 33.7 Å². The van der Waals surface area contributed by atoms with Crippen molar-refractivity contribution in [1.82, 2.24) is 4.57 Å². The van der Waals surface area contributed by atoms with Crippen LogP contribution in [0.25, 0.3) is 0 Å². The molecule has 0 aliphatic heterocycles. The topological polar surface area (TPSA) is 39.1 Å². The van der Waals surface area contributed by atoms with Crippen molar-refractivity contribution in [2.75, 3.05) is 0 Å². The molecular weight excluding hydrogens is 314 g/mol. The van der Waals surface area contributed by atoms with E-state index in [-0.39, 0.29) is 17.9 Å². The van der Waals surface area contributed by atoms with E-state index in [2.05, 4.69) is 15.9 Å². The summed E-state index contributed by atoms with van der Waals surface area (Å²) in [5.41, 5.74) is 0.528. The molecule has 94 valence electrons. The minimum atomic E-state index is -0.185. The van der Waals surface area contributed by atoms with Crippen LogP contribution in [0.5, 0.6) is 0 Å². The third kappa shape index (κ3) is 2.62. The Balaban J connectivity index is 2.30. The number of Topliss-reactive ketones (excluding diaryl/α,β-unsaturated/α-hetero) is 1. The number of halogens is 1. The predicted octanol–water partition coefficient (Wildman–Crippen LogP) is 3.17. The molecule has 0 bridgehead atoms. The number of carbonyl (C=O) groups excluding carboxylic acids is 1. The third-order valence-electron chi connectivity index (χ3n) is 2.63. The van der Waals surface area contributed by atoms with Gasteiger partial charge in [0.15, 0.2) is 5.78 Å². The predicted molar refractivity (Wildman–Crippen MR) is 76.5 cm³/mol. The van der Waals surface area contributed by atoms with E-state index in [4.69, 9.17) is 0 Å². The van der Waals surface area contributed by atoms with Gasteiger partial charge in [0.2, 0.25) is 0 Å². The van der Waals surface area contributed by atoms with E-state index in [0.717, 1.165) is 9.75 Å².